The molecule has 0 spiro atoms. The second-order valence-electron chi connectivity index (χ2n) is 7.89. The molecule has 0 aromatic heterocycles. The molecule has 196 valence electrons. The molecule has 1 fully saturated rings. The largest absolute Gasteiger partial charge is 0.493 e. The number of rotatable bonds is 8. The first-order chi connectivity index (χ1) is 18.1. The highest BCUT2D eigenvalue weighted by Crippen LogP contribution is 2.36. The van der Waals surface area contributed by atoms with Crippen LogP contribution in [0.2, 0.25) is 15.1 Å². The van der Waals surface area contributed by atoms with E-state index in [1.165, 1.54) is 7.11 Å². The lowest BCUT2D eigenvalue weighted by atomic mass is 10.1. The van der Waals surface area contributed by atoms with Gasteiger partial charge < -0.3 is 14.8 Å². The third kappa shape index (κ3) is 6.84. The number of halogens is 4. The average Bonchev–Trinajstić information content (AvgIpc) is 3.14. The number of carbonyl (C=O) groups is 3. The van der Waals surface area contributed by atoms with Gasteiger partial charge in [-0.3, -0.25) is 19.3 Å². The van der Waals surface area contributed by atoms with Crippen molar-refractivity contribution < 1.29 is 23.9 Å². The van der Waals surface area contributed by atoms with Gasteiger partial charge in [-0.25, -0.2) is 0 Å². The molecule has 38 heavy (non-hydrogen) atoms. The molecule has 1 N–H and O–H groups in total. The maximum atomic E-state index is 12.9. The van der Waals surface area contributed by atoms with E-state index in [-0.39, 0.29) is 24.0 Å². The summed E-state index contributed by atoms with van der Waals surface area (Å²) < 4.78 is 11.7. The highest BCUT2D eigenvalue weighted by atomic mass is 79.9. The number of anilines is 1. The number of carbonyl (C=O) groups excluding carboxylic acids is 3. The lowest BCUT2D eigenvalue weighted by Crippen LogP contribution is -2.27. The summed E-state index contributed by atoms with van der Waals surface area (Å²) >= 11 is 22.2. The summed E-state index contributed by atoms with van der Waals surface area (Å²) in [6.45, 7) is -0.194. The minimum atomic E-state index is -0.421. The molecule has 0 unspecified atom stereocenters. The van der Waals surface area contributed by atoms with Gasteiger partial charge in [0, 0.05) is 10.2 Å². The van der Waals surface area contributed by atoms with Gasteiger partial charge in [0.05, 0.1) is 33.6 Å². The van der Waals surface area contributed by atoms with Crippen LogP contribution in [-0.4, -0.2) is 35.7 Å². The molecule has 0 aliphatic carbocycles. The van der Waals surface area contributed by atoms with Crippen LogP contribution in [0.25, 0.3) is 6.08 Å². The Hall–Kier alpha value is -2.69. The third-order valence-electron chi connectivity index (χ3n) is 5.25. The average molecular weight is 657 g/mol. The van der Waals surface area contributed by atoms with E-state index in [0.717, 1.165) is 21.1 Å². The van der Waals surface area contributed by atoms with Gasteiger partial charge in [0.25, 0.3) is 17.1 Å². The zero-order valence-corrected chi connectivity index (χ0v) is 24.3. The molecule has 4 rings (SSSR count). The molecule has 0 atom stereocenters. The van der Waals surface area contributed by atoms with Crippen LogP contribution in [0.1, 0.15) is 11.1 Å². The van der Waals surface area contributed by atoms with Crippen molar-refractivity contribution in [2.75, 3.05) is 19.0 Å². The Balaban J connectivity index is 1.42. The molecule has 3 aromatic rings. The molecule has 1 aliphatic heterocycles. The van der Waals surface area contributed by atoms with Gasteiger partial charge in [0.2, 0.25) is 0 Å². The number of benzene rings is 3. The van der Waals surface area contributed by atoms with Crippen LogP contribution in [0.5, 0.6) is 11.5 Å². The summed E-state index contributed by atoms with van der Waals surface area (Å²) in [5, 5.41) is 3.51. The third-order valence-corrected chi connectivity index (χ3v) is 8.12. The monoisotopic (exact) mass is 654 g/mol. The van der Waals surface area contributed by atoms with Crippen LogP contribution in [0, 0.1) is 0 Å². The fraction of sp³-hybridized carbons (Fsp3) is 0.115. The van der Waals surface area contributed by atoms with Gasteiger partial charge in [-0.2, -0.15) is 0 Å². The fourth-order valence-corrected chi connectivity index (χ4v) is 5.00. The number of amides is 3. The first-order valence-corrected chi connectivity index (χ1v) is 13.6. The smallest absolute Gasteiger partial charge is 0.293 e. The highest BCUT2D eigenvalue weighted by Gasteiger charge is 2.35. The Labute approximate surface area is 246 Å². The van der Waals surface area contributed by atoms with E-state index >= 15 is 0 Å². The van der Waals surface area contributed by atoms with Crippen molar-refractivity contribution in [1.82, 2.24) is 4.90 Å². The Morgan fingerprint density at radius 3 is 2.50 bits per heavy atom. The maximum Gasteiger partial charge on any atom is 0.293 e. The second kappa shape index (κ2) is 12.4. The molecule has 7 nitrogen and oxygen atoms in total. The minimum absolute atomic E-state index is 0.0729. The standard InChI is InChI=1S/C26H18BrCl3N2O5S/c1-36-22-9-14(3-7-21(22)37-13-24(33)31-16-4-5-17(27)19(29)11-16)10-23-25(34)32(26(35)38-23)12-15-2-6-18(28)20(30)8-15/h2-11H,12-13H2,1H3,(H,31,33)/b23-10+. The van der Waals surface area contributed by atoms with Gasteiger partial charge >= 0.3 is 0 Å². The number of hydrogen-bond donors (Lipinski definition) is 1. The predicted octanol–water partition coefficient (Wildman–Crippen LogP) is 7.67. The molecular formula is C26H18BrCl3N2O5S. The molecule has 0 saturated carbocycles. The first-order valence-electron chi connectivity index (χ1n) is 10.9. The van der Waals surface area contributed by atoms with Gasteiger partial charge in [-0.05, 0) is 87.4 Å². The summed E-state index contributed by atoms with van der Waals surface area (Å²) in [5.41, 5.74) is 1.82. The number of nitrogens with one attached hydrogen (secondary N) is 1. The van der Waals surface area contributed by atoms with Crippen molar-refractivity contribution in [1.29, 1.82) is 0 Å². The molecule has 3 amide bonds. The van der Waals surface area contributed by atoms with Crippen molar-refractivity contribution >= 4 is 91.3 Å². The van der Waals surface area contributed by atoms with Crippen LogP contribution in [0.4, 0.5) is 10.5 Å². The number of hydrogen-bond acceptors (Lipinski definition) is 6. The van der Waals surface area contributed by atoms with E-state index in [0.29, 0.717) is 43.4 Å². The van der Waals surface area contributed by atoms with Crippen molar-refractivity contribution in [2.24, 2.45) is 0 Å². The van der Waals surface area contributed by atoms with E-state index in [9.17, 15) is 14.4 Å². The van der Waals surface area contributed by atoms with Crippen molar-refractivity contribution in [3.63, 3.8) is 0 Å². The van der Waals surface area contributed by atoms with Gasteiger partial charge in [0.1, 0.15) is 0 Å². The lowest BCUT2D eigenvalue weighted by Gasteiger charge is -2.13. The summed E-state index contributed by atoms with van der Waals surface area (Å²) in [7, 11) is 1.46. The molecule has 0 radical (unpaired) electrons. The Morgan fingerprint density at radius 1 is 1.00 bits per heavy atom. The molecule has 3 aromatic carbocycles. The Bertz CT molecular complexity index is 1470. The van der Waals surface area contributed by atoms with Crippen LogP contribution < -0.4 is 14.8 Å². The predicted molar refractivity (Wildman–Crippen MR) is 154 cm³/mol. The summed E-state index contributed by atoms with van der Waals surface area (Å²) in [6, 6.07) is 14.9. The fourth-order valence-electron chi connectivity index (χ4n) is 3.42. The zero-order valence-electron chi connectivity index (χ0n) is 19.6. The molecular weight excluding hydrogens is 639 g/mol. The van der Waals surface area contributed by atoms with Gasteiger partial charge in [0.15, 0.2) is 18.1 Å². The summed E-state index contributed by atoms with van der Waals surface area (Å²) in [4.78, 5) is 39.1. The molecule has 1 aliphatic rings. The lowest BCUT2D eigenvalue weighted by molar-refractivity contribution is -0.123. The number of methoxy groups -OCH3 is 1. The van der Waals surface area contributed by atoms with Crippen LogP contribution in [-0.2, 0) is 16.1 Å². The Morgan fingerprint density at radius 2 is 1.79 bits per heavy atom. The van der Waals surface area contributed by atoms with Crippen LogP contribution >= 0.6 is 62.5 Å². The van der Waals surface area contributed by atoms with Crippen molar-refractivity contribution in [2.45, 2.75) is 6.54 Å². The van der Waals surface area contributed by atoms with E-state index in [2.05, 4.69) is 21.2 Å². The number of nitrogens with zero attached hydrogens (tertiary/aromatic N) is 1. The molecule has 1 heterocycles. The van der Waals surface area contributed by atoms with Crippen LogP contribution in [0.3, 0.4) is 0 Å². The second-order valence-corrected chi connectivity index (χ2v) is 11.0. The number of thioether (sulfide) groups is 1. The summed E-state index contributed by atoms with van der Waals surface area (Å²) in [6.07, 6.45) is 1.59. The molecule has 12 heteroatoms. The van der Waals surface area contributed by atoms with Gasteiger partial charge in [-0.1, -0.05) is 46.9 Å². The number of ether oxygens (including phenoxy) is 2. The van der Waals surface area contributed by atoms with E-state index in [1.54, 1.807) is 60.7 Å². The minimum Gasteiger partial charge on any atom is -0.493 e. The van der Waals surface area contributed by atoms with E-state index < -0.39 is 11.1 Å². The summed E-state index contributed by atoms with van der Waals surface area (Å²) in [5.74, 6) is -0.116. The van der Waals surface area contributed by atoms with Crippen LogP contribution in [0.15, 0.2) is 64.0 Å². The van der Waals surface area contributed by atoms with Gasteiger partial charge in [-0.15, -0.1) is 0 Å². The quantitative estimate of drug-likeness (QED) is 0.251. The van der Waals surface area contributed by atoms with Crippen molar-refractivity contribution in [3.8, 4) is 11.5 Å². The number of imide groups is 1. The first kappa shape index (κ1) is 28.3. The maximum absolute atomic E-state index is 12.9. The van der Waals surface area contributed by atoms with E-state index in [4.69, 9.17) is 44.3 Å². The molecule has 0 bridgehead atoms. The topological polar surface area (TPSA) is 84.9 Å². The zero-order chi connectivity index (χ0) is 27.4. The molecule has 1 saturated heterocycles. The Kier molecular flexibility index (Phi) is 9.27. The normalized spacial score (nSPS) is 14.2. The highest BCUT2D eigenvalue weighted by molar-refractivity contribution is 9.10. The SMILES string of the molecule is COc1cc(/C=C2/SC(=O)N(Cc3ccc(Cl)c(Cl)c3)C2=O)ccc1OCC(=O)Nc1ccc(Br)c(Cl)c1. The van der Waals surface area contributed by atoms with E-state index in [1.807, 2.05) is 0 Å². The van der Waals surface area contributed by atoms with Crippen molar-refractivity contribution in [3.05, 3.63) is 90.2 Å².